The second kappa shape index (κ2) is 9.01. The van der Waals surface area contributed by atoms with Crippen molar-refractivity contribution in [1.29, 1.82) is 0 Å². The molecule has 0 spiro atoms. The number of likely N-dealkylation sites (tertiary alicyclic amines) is 1. The summed E-state index contributed by atoms with van der Waals surface area (Å²) in [5, 5.41) is 4.21. The van der Waals surface area contributed by atoms with Crippen molar-refractivity contribution >= 4 is 27.5 Å². The molecule has 4 rings (SSSR count). The first-order chi connectivity index (χ1) is 14.1. The number of piperidine rings is 1. The van der Waals surface area contributed by atoms with E-state index in [0.717, 1.165) is 37.0 Å². The van der Waals surface area contributed by atoms with Gasteiger partial charge in [-0.15, -0.1) is 11.3 Å². The third-order valence-electron chi connectivity index (χ3n) is 5.67. The van der Waals surface area contributed by atoms with Crippen LogP contribution < -0.4 is 5.32 Å². The van der Waals surface area contributed by atoms with Crippen LogP contribution in [0.5, 0.6) is 0 Å². The van der Waals surface area contributed by atoms with E-state index in [9.17, 15) is 9.18 Å². The van der Waals surface area contributed by atoms with Crippen molar-refractivity contribution in [3.8, 4) is 0 Å². The van der Waals surface area contributed by atoms with Gasteiger partial charge in [0.15, 0.2) is 0 Å². The SMILES string of the molecule is C[C@@H](C(=O)NCCc1ccc(F)cc1)N1CCC[C@H](c2nc3ccccc3s2)C1. The Hall–Kier alpha value is -2.31. The molecule has 1 N–H and O–H groups in total. The Labute approximate surface area is 174 Å². The van der Waals surface area contributed by atoms with E-state index in [1.807, 2.05) is 13.0 Å². The first-order valence-corrected chi connectivity index (χ1v) is 11.0. The lowest BCUT2D eigenvalue weighted by molar-refractivity contribution is -0.126. The highest BCUT2D eigenvalue weighted by molar-refractivity contribution is 7.18. The average Bonchev–Trinajstić information content (AvgIpc) is 3.19. The number of carbonyl (C=O) groups is 1. The monoisotopic (exact) mass is 411 g/mol. The van der Waals surface area contributed by atoms with E-state index in [1.165, 1.54) is 21.8 Å². The van der Waals surface area contributed by atoms with Gasteiger partial charge in [0.25, 0.3) is 0 Å². The molecule has 6 heteroatoms. The van der Waals surface area contributed by atoms with E-state index in [0.29, 0.717) is 18.9 Å². The van der Waals surface area contributed by atoms with Gasteiger partial charge in [-0.3, -0.25) is 9.69 Å². The minimum absolute atomic E-state index is 0.0528. The summed E-state index contributed by atoms with van der Waals surface area (Å²) in [6.45, 7) is 4.35. The molecule has 0 aliphatic carbocycles. The van der Waals surface area contributed by atoms with Gasteiger partial charge in [-0.05, 0) is 62.6 Å². The van der Waals surface area contributed by atoms with Crippen molar-refractivity contribution < 1.29 is 9.18 Å². The summed E-state index contributed by atoms with van der Waals surface area (Å²) in [5.74, 6) is 0.201. The molecule has 1 aliphatic rings. The number of nitrogens with zero attached hydrogens (tertiary/aromatic N) is 2. The number of rotatable bonds is 6. The van der Waals surface area contributed by atoms with Crippen LogP contribution in [0.3, 0.4) is 0 Å². The molecular weight excluding hydrogens is 385 g/mol. The Morgan fingerprint density at radius 2 is 2.07 bits per heavy atom. The summed E-state index contributed by atoms with van der Waals surface area (Å²) >= 11 is 1.77. The summed E-state index contributed by atoms with van der Waals surface area (Å²) in [5.41, 5.74) is 2.09. The molecule has 1 saturated heterocycles. The molecule has 4 nitrogen and oxygen atoms in total. The number of hydrogen-bond donors (Lipinski definition) is 1. The maximum atomic E-state index is 13.0. The van der Waals surface area contributed by atoms with Crippen LogP contribution in [0.25, 0.3) is 10.2 Å². The zero-order chi connectivity index (χ0) is 20.2. The number of carbonyl (C=O) groups excluding carboxylic acids is 1. The highest BCUT2D eigenvalue weighted by atomic mass is 32.1. The van der Waals surface area contributed by atoms with Crippen molar-refractivity contribution in [2.75, 3.05) is 19.6 Å². The number of amides is 1. The summed E-state index contributed by atoms with van der Waals surface area (Å²) in [4.78, 5) is 19.7. The summed E-state index contributed by atoms with van der Waals surface area (Å²) in [6, 6.07) is 14.5. The molecule has 1 aliphatic heterocycles. The maximum Gasteiger partial charge on any atom is 0.237 e. The smallest absolute Gasteiger partial charge is 0.237 e. The minimum atomic E-state index is -0.237. The lowest BCUT2D eigenvalue weighted by Gasteiger charge is -2.35. The normalized spacial score (nSPS) is 18.6. The lowest BCUT2D eigenvalue weighted by atomic mass is 9.97. The number of nitrogens with one attached hydrogen (secondary N) is 1. The van der Waals surface area contributed by atoms with Gasteiger partial charge in [0, 0.05) is 19.0 Å². The average molecular weight is 412 g/mol. The molecule has 2 heterocycles. The van der Waals surface area contributed by atoms with Crippen LogP contribution in [0.2, 0.25) is 0 Å². The van der Waals surface area contributed by atoms with Crippen molar-refractivity contribution in [2.24, 2.45) is 0 Å². The number of halogens is 1. The fourth-order valence-corrected chi connectivity index (χ4v) is 5.01. The molecule has 29 heavy (non-hydrogen) atoms. The van der Waals surface area contributed by atoms with Crippen LogP contribution in [-0.4, -0.2) is 41.5 Å². The van der Waals surface area contributed by atoms with Gasteiger partial charge < -0.3 is 5.32 Å². The molecule has 1 amide bonds. The third-order valence-corrected chi connectivity index (χ3v) is 6.86. The van der Waals surface area contributed by atoms with Gasteiger partial charge in [0.05, 0.1) is 21.3 Å². The van der Waals surface area contributed by atoms with Crippen molar-refractivity contribution in [1.82, 2.24) is 15.2 Å². The first-order valence-electron chi connectivity index (χ1n) is 10.2. The van der Waals surface area contributed by atoms with Crippen molar-refractivity contribution in [2.45, 2.75) is 38.1 Å². The number of para-hydroxylation sites is 1. The standard InChI is InChI=1S/C23H26FN3OS/c1-16(22(28)25-13-12-17-8-10-19(24)11-9-17)27-14-4-5-18(15-27)23-26-20-6-2-3-7-21(20)29-23/h2-3,6-11,16,18H,4-5,12-15H2,1H3,(H,25,28)/t16-,18-/m0/s1. The van der Waals surface area contributed by atoms with Crippen LogP contribution in [0.15, 0.2) is 48.5 Å². The number of thiazole rings is 1. The fourth-order valence-electron chi connectivity index (χ4n) is 3.92. The zero-order valence-electron chi connectivity index (χ0n) is 16.6. The summed E-state index contributed by atoms with van der Waals surface area (Å²) in [7, 11) is 0. The second-order valence-corrected chi connectivity index (χ2v) is 8.76. The number of fused-ring (bicyclic) bond motifs is 1. The van der Waals surface area contributed by atoms with Crippen LogP contribution in [0.1, 0.15) is 36.3 Å². The van der Waals surface area contributed by atoms with E-state index >= 15 is 0 Å². The molecule has 152 valence electrons. The highest BCUT2D eigenvalue weighted by Gasteiger charge is 2.29. The van der Waals surface area contributed by atoms with E-state index in [1.54, 1.807) is 23.5 Å². The minimum Gasteiger partial charge on any atom is -0.354 e. The molecular formula is C23H26FN3OS. The summed E-state index contributed by atoms with van der Waals surface area (Å²) in [6.07, 6.45) is 2.90. The molecule has 1 aromatic heterocycles. The van der Waals surface area contributed by atoms with Crippen LogP contribution in [-0.2, 0) is 11.2 Å². The molecule has 1 fully saturated rings. The zero-order valence-corrected chi connectivity index (χ0v) is 17.4. The van der Waals surface area contributed by atoms with Crippen LogP contribution >= 0.6 is 11.3 Å². The fraction of sp³-hybridized carbons (Fsp3) is 0.391. The Balaban J connectivity index is 1.32. The van der Waals surface area contributed by atoms with Gasteiger partial charge in [-0.25, -0.2) is 9.37 Å². The Kier molecular flexibility index (Phi) is 6.21. The van der Waals surface area contributed by atoms with E-state index in [-0.39, 0.29) is 17.8 Å². The predicted molar refractivity (Wildman–Crippen MR) is 116 cm³/mol. The van der Waals surface area contributed by atoms with Crippen molar-refractivity contribution in [3.63, 3.8) is 0 Å². The molecule has 3 aromatic rings. The maximum absolute atomic E-state index is 13.0. The van der Waals surface area contributed by atoms with Crippen LogP contribution in [0, 0.1) is 5.82 Å². The van der Waals surface area contributed by atoms with Gasteiger partial charge in [0.2, 0.25) is 5.91 Å². The molecule has 0 saturated carbocycles. The Bertz CT molecular complexity index is 939. The topological polar surface area (TPSA) is 45.2 Å². The molecule has 0 unspecified atom stereocenters. The van der Waals surface area contributed by atoms with Crippen LogP contribution in [0.4, 0.5) is 4.39 Å². The quantitative estimate of drug-likeness (QED) is 0.655. The second-order valence-electron chi connectivity index (χ2n) is 7.70. The number of benzene rings is 2. The molecule has 2 aromatic carbocycles. The third kappa shape index (κ3) is 4.82. The first kappa shape index (κ1) is 20.0. The van der Waals surface area contributed by atoms with Gasteiger partial charge in [-0.2, -0.15) is 0 Å². The van der Waals surface area contributed by atoms with Gasteiger partial charge in [0.1, 0.15) is 5.82 Å². The molecule has 0 bridgehead atoms. The van der Waals surface area contributed by atoms with E-state index in [2.05, 4.69) is 28.4 Å². The predicted octanol–water partition coefficient (Wildman–Crippen LogP) is 4.36. The van der Waals surface area contributed by atoms with Crippen molar-refractivity contribution in [3.05, 3.63) is 64.9 Å². The van der Waals surface area contributed by atoms with E-state index in [4.69, 9.17) is 4.98 Å². The Morgan fingerprint density at radius 1 is 1.28 bits per heavy atom. The Morgan fingerprint density at radius 3 is 2.86 bits per heavy atom. The van der Waals surface area contributed by atoms with Gasteiger partial charge >= 0.3 is 0 Å². The molecule has 2 atom stereocenters. The molecule has 0 radical (unpaired) electrons. The van der Waals surface area contributed by atoms with E-state index < -0.39 is 0 Å². The number of aromatic nitrogens is 1. The van der Waals surface area contributed by atoms with Gasteiger partial charge in [-0.1, -0.05) is 24.3 Å². The number of hydrogen-bond acceptors (Lipinski definition) is 4. The largest absolute Gasteiger partial charge is 0.354 e. The highest BCUT2D eigenvalue weighted by Crippen LogP contribution is 2.33. The summed E-state index contributed by atoms with van der Waals surface area (Å²) < 4.78 is 14.2. The lowest BCUT2D eigenvalue weighted by Crippen LogP contribution is -2.49.